The van der Waals surface area contributed by atoms with Gasteiger partial charge in [-0.1, -0.05) is 42.6 Å². The first-order valence-electron chi connectivity index (χ1n) is 11.7. The molecule has 1 aromatic heterocycles. The molecule has 4 rings (SSSR count). The van der Waals surface area contributed by atoms with Gasteiger partial charge in [0.1, 0.15) is 5.76 Å². The highest BCUT2D eigenvalue weighted by molar-refractivity contribution is 7.89. The standard InChI is InChI=1S/C26H31N3O4S/c1-19-25(20(2)33-27-19)18-29(23-12-8-5-9-13-23)26(30)21-14-16-24(17-15-21)34(31,32)28(3)22-10-6-4-7-11-22/h5,8-9,12-17,22H,4,6-7,10-11,18H2,1-3H3. The maximum atomic E-state index is 13.6. The molecule has 1 saturated carbocycles. The lowest BCUT2D eigenvalue weighted by Crippen LogP contribution is -2.38. The molecule has 8 heteroatoms. The van der Waals surface area contributed by atoms with Crippen molar-refractivity contribution in [1.82, 2.24) is 9.46 Å². The topological polar surface area (TPSA) is 83.7 Å². The molecule has 7 nitrogen and oxygen atoms in total. The van der Waals surface area contributed by atoms with E-state index in [4.69, 9.17) is 4.52 Å². The molecule has 0 radical (unpaired) electrons. The Morgan fingerprint density at radius 2 is 1.65 bits per heavy atom. The van der Waals surface area contributed by atoms with E-state index in [0.29, 0.717) is 17.9 Å². The number of nitrogens with zero attached hydrogens (tertiary/aromatic N) is 3. The maximum absolute atomic E-state index is 13.6. The maximum Gasteiger partial charge on any atom is 0.258 e. The SMILES string of the molecule is Cc1noc(C)c1CN(C(=O)c1ccc(S(=O)(=O)N(C)C2CCCCC2)cc1)c1ccccc1. The molecule has 1 heterocycles. The highest BCUT2D eigenvalue weighted by Crippen LogP contribution is 2.27. The van der Waals surface area contributed by atoms with Gasteiger partial charge in [0, 0.05) is 29.9 Å². The van der Waals surface area contributed by atoms with Gasteiger partial charge in [0.2, 0.25) is 10.0 Å². The van der Waals surface area contributed by atoms with Crippen LogP contribution in [0, 0.1) is 13.8 Å². The van der Waals surface area contributed by atoms with E-state index < -0.39 is 10.0 Å². The first kappa shape index (κ1) is 24.2. The number of hydrogen-bond donors (Lipinski definition) is 0. The van der Waals surface area contributed by atoms with Gasteiger partial charge in [0.15, 0.2) is 0 Å². The van der Waals surface area contributed by atoms with Crippen LogP contribution in [-0.2, 0) is 16.6 Å². The second-order valence-electron chi connectivity index (χ2n) is 8.87. The van der Waals surface area contributed by atoms with Crippen molar-refractivity contribution in [1.29, 1.82) is 0 Å². The quantitative estimate of drug-likeness (QED) is 0.469. The van der Waals surface area contributed by atoms with Gasteiger partial charge in [-0.15, -0.1) is 0 Å². The summed E-state index contributed by atoms with van der Waals surface area (Å²) in [6, 6.07) is 15.7. The fourth-order valence-electron chi connectivity index (χ4n) is 4.51. The molecular weight excluding hydrogens is 450 g/mol. The van der Waals surface area contributed by atoms with Crippen LogP contribution in [0.4, 0.5) is 5.69 Å². The van der Waals surface area contributed by atoms with E-state index in [1.54, 1.807) is 24.1 Å². The zero-order valence-electron chi connectivity index (χ0n) is 19.9. The van der Waals surface area contributed by atoms with Crippen LogP contribution in [-0.4, -0.2) is 36.9 Å². The van der Waals surface area contributed by atoms with Gasteiger partial charge >= 0.3 is 0 Å². The number of amides is 1. The average molecular weight is 482 g/mol. The van der Waals surface area contributed by atoms with Gasteiger partial charge in [-0.3, -0.25) is 4.79 Å². The minimum absolute atomic E-state index is 0.0312. The predicted octanol–water partition coefficient (Wildman–Crippen LogP) is 5.09. The number of sulfonamides is 1. The Labute approximate surface area is 201 Å². The average Bonchev–Trinajstić information content (AvgIpc) is 3.19. The molecular formula is C26H31N3O4S. The van der Waals surface area contributed by atoms with Crippen LogP contribution in [0.2, 0.25) is 0 Å². The minimum atomic E-state index is -3.62. The lowest BCUT2D eigenvalue weighted by atomic mass is 9.96. The van der Waals surface area contributed by atoms with Crippen molar-refractivity contribution in [2.24, 2.45) is 0 Å². The molecule has 1 fully saturated rings. The summed E-state index contributed by atoms with van der Waals surface area (Å²) in [7, 11) is -1.96. The summed E-state index contributed by atoms with van der Waals surface area (Å²) in [6.45, 7) is 3.97. The Hall–Kier alpha value is -2.97. The monoisotopic (exact) mass is 481 g/mol. The molecule has 1 aliphatic rings. The number of carbonyl (C=O) groups excluding carboxylic acids is 1. The molecule has 1 aliphatic carbocycles. The summed E-state index contributed by atoms with van der Waals surface area (Å²) < 4.78 is 33.1. The Kier molecular flexibility index (Phi) is 7.19. The highest BCUT2D eigenvalue weighted by Gasteiger charge is 2.29. The number of hydrogen-bond acceptors (Lipinski definition) is 5. The van der Waals surface area contributed by atoms with Gasteiger partial charge in [0.05, 0.1) is 17.1 Å². The van der Waals surface area contributed by atoms with Gasteiger partial charge in [-0.2, -0.15) is 4.31 Å². The highest BCUT2D eigenvalue weighted by atomic mass is 32.2. The van der Waals surface area contributed by atoms with Crippen molar-refractivity contribution in [2.45, 2.75) is 63.4 Å². The van der Waals surface area contributed by atoms with Gasteiger partial charge in [-0.25, -0.2) is 8.42 Å². The summed E-state index contributed by atoms with van der Waals surface area (Å²) in [5, 5.41) is 4.00. The fourth-order valence-corrected chi connectivity index (χ4v) is 5.92. The summed E-state index contributed by atoms with van der Waals surface area (Å²) >= 11 is 0. The molecule has 0 aliphatic heterocycles. The van der Waals surface area contributed by atoms with E-state index in [2.05, 4.69) is 5.16 Å². The zero-order chi connectivity index (χ0) is 24.3. The van der Waals surface area contributed by atoms with Crippen molar-refractivity contribution >= 4 is 21.6 Å². The normalized spacial score (nSPS) is 14.9. The third-order valence-corrected chi connectivity index (χ3v) is 8.60. The summed E-state index contributed by atoms with van der Waals surface area (Å²) in [6.07, 6.45) is 5.05. The number of aryl methyl sites for hydroxylation is 2. The van der Waals surface area contributed by atoms with Crippen molar-refractivity contribution in [3.63, 3.8) is 0 Å². The number of rotatable bonds is 7. The lowest BCUT2D eigenvalue weighted by molar-refractivity contribution is 0.0985. The van der Waals surface area contributed by atoms with E-state index in [-0.39, 0.29) is 16.8 Å². The summed E-state index contributed by atoms with van der Waals surface area (Å²) in [5.74, 6) is 0.439. The third-order valence-electron chi connectivity index (χ3n) is 6.68. The number of para-hydroxylation sites is 1. The van der Waals surface area contributed by atoms with Crippen LogP contribution < -0.4 is 4.90 Å². The first-order chi connectivity index (χ1) is 16.3. The molecule has 0 bridgehead atoms. The van der Waals surface area contributed by atoms with Crippen LogP contribution in [0.3, 0.4) is 0 Å². The van der Waals surface area contributed by atoms with Gasteiger partial charge in [-0.05, 0) is 63.1 Å². The number of benzene rings is 2. The molecule has 0 atom stereocenters. The third kappa shape index (κ3) is 4.93. The van der Waals surface area contributed by atoms with Gasteiger partial charge in [0.25, 0.3) is 5.91 Å². The molecule has 0 saturated heterocycles. The smallest absolute Gasteiger partial charge is 0.258 e. The largest absolute Gasteiger partial charge is 0.361 e. The second-order valence-corrected chi connectivity index (χ2v) is 10.9. The van der Waals surface area contributed by atoms with Crippen LogP contribution in [0.15, 0.2) is 64.0 Å². The number of aromatic nitrogens is 1. The molecule has 180 valence electrons. The Balaban J connectivity index is 1.60. The fraction of sp³-hybridized carbons (Fsp3) is 0.385. The zero-order valence-corrected chi connectivity index (χ0v) is 20.7. The minimum Gasteiger partial charge on any atom is -0.361 e. The molecule has 0 unspecified atom stereocenters. The summed E-state index contributed by atoms with van der Waals surface area (Å²) in [4.78, 5) is 15.4. The van der Waals surface area contributed by atoms with Crippen molar-refractivity contribution in [3.05, 3.63) is 77.2 Å². The lowest BCUT2D eigenvalue weighted by Gasteiger charge is -2.30. The van der Waals surface area contributed by atoms with Crippen molar-refractivity contribution in [3.8, 4) is 0 Å². The van der Waals surface area contributed by atoms with Crippen molar-refractivity contribution in [2.75, 3.05) is 11.9 Å². The molecule has 0 N–H and O–H groups in total. The van der Waals surface area contributed by atoms with E-state index in [0.717, 1.165) is 49.0 Å². The second kappa shape index (κ2) is 10.1. The molecule has 34 heavy (non-hydrogen) atoms. The van der Waals surface area contributed by atoms with Gasteiger partial charge < -0.3 is 9.42 Å². The Bertz CT molecular complexity index is 1210. The van der Waals surface area contributed by atoms with Crippen molar-refractivity contribution < 1.29 is 17.7 Å². The first-order valence-corrected chi connectivity index (χ1v) is 13.1. The van der Waals surface area contributed by atoms with E-state index in [1.165, 1.54) is 16.4 Å². The van der Waals surface area contributed by atoms with E-state index in [9.17, 15) is 13.2 Å². The van der Waals surface area contributed by atoms with Crippen LogP contribution >= 0.6 is 0 Å². The van der Waals surface area contributed by atoms with E-state index in [1.807, 2.05) is 44.2 Å². The molecule has 1 amide bonds. The Morgan fingerprint density at radius 3 is 2.24 bits per heavy atom. The van der Waals surface area contributed by atoms with E-state index >= 15 is 0 Å². The predicted molar refractivity (Wildman–Crippen MR) is 131 cm³/mol. The van der Waals surface area contributed by atoms with Crippen LogP contribution in [0.1, 0.15) is 59.5 Å². The summed E-state index contributed by atoms with van der Waals surface area (Å²) in [5.41, 5.74) is 2.74. The molecule has 0 spiro atoms. The molecule has 2 aromatic carbocycles. The number of anilines is 1. The number of carbonyl (C=O) groups is 1. The van der Waals surface area contributed by atoms with Crippen LogP contribution in [0.5, 0.6) is 0 Å². The Morgan fingerprint density at radius 1 is 1.00 bits per heavy atom. The van der Waals surface area contributed by atoms with Crippen LogP contribution in [0.25, 0.3) is 0 Å². The molecule has 3 aromatic rings.